The average Bonchev–Trinajstić information content (AvgIpc) is 1.69. The Kier molecular flexibility index (Phi) is 6.75. The molecule has 0 rings (SSSR count). The van der Waals surface area contributed by atoms with E-state index in [1.54, 1.807) is 0 Å². The van der Waals surface area contributed by atoms with Crippen molar-refractivity contribution in [1.29, 1.82) is 0 Å². The summed E-state index contributed by atoms with van der Waals surface area (Å²) >= 11 is 0. The second-order valence-corrected chi connectivity index (χ2v) is 2.07. The lowest BCUT2D eigenvalue weighted by molar-refractivity contribution is 0.709. The Morgan fingerprint density at radius 1 is 1.43 bits per heavy atom. The summed E-state index contributed by atoms with van der Waals surface area (Å²) in [6, 6.07) is 0. The van der Waals surface area contributed by atoms with E-state index in [1.807, 2.05) is 0 Å². The van der Waals surface area contributed by atoms with Crippen LogP contribution in [0.4, 0.5) is 0 Å². The third kappa shape index (κ3) is 6.39. The molecule has 0 radical (unpaired) electrons. The first kappa shape index (κ1) is 7.39. The van der Waals surface area contributed by atoms with Crippen LogP contribution in [0.25, 0.3) is 0 Å². The summed E-state index contributed by atoms with van der Waals surface area (Å²) < 4.78 is 0. The molecule has 0 aliphatic carbocycles. The number of unbranched alkanes of at least 4 members (excludes halogenated alkanes) is 2. The van der Waals surface area contributed by atoms with E-state index in [9.17, 15) is 0 Å². The second kappa shape index (κ2) is 6.39. The van der Waals surface area contributed by atoms with Crippen molar-refractivity contribution in [2.45, 2.75) is 26.2 Å². The van der Waals surface area contributed by atoms with Gasteiger partial charge in [0.25, 0.3) is 0 Å². The smallest absolute Gasteiger partial charge is 0.00144 e. The normalized spacial score (nSPS) is 9.43. The third-order valence-electron chi connectivity index (χ3n) is 0.925. The summed E-state index contributed by atoms with van der Waals surface area (Å²) in [6.45, 7) is 3.35. The quantitative estimate of drug-likeness (QED) is 0.437. The van der Waals surface area contributed by atoms with Gasteiger partial charge in [-0.15, -0.1) is 0 Å². The minimum absolute atomic E-state index is 1.14. The molecule has 1 nitrogen and oxygen atoms in total. The molecular formula is C5H14NP. The second-order valence-electron chi connectivity index (χ2n) is 1.66. The van der Waals surface area contributed by atoms with Crippen LogP contribution in [0.15, 0.2) is 0 Å². The summed E-state index contributed by atoms with van der Waals surface area (Å²) in [7, 11) is 2.50. The maximum atomic E-state index is 3.02. The first-order chi connectivity index (χ1) is 3.41. The molecule has 0 heterocycles. The van der Waals surface area contributed by atoms with E-state index in [4.69, 9.17) is 0 Å². The van der Waals surface area contributed by atoms with E-state index in [1.165, 1.54) is 19.3 Å². The van der Waals surface area contributed by atoms with Crippen LogP contribution in [0, 0.1) is 0 Å². The molecule has 0 spiro atoms. The van der Waals surface area contributed by atoms with Crippen molar-refractivity contribution in [2.75, 3.05) is 6.54 Å². The Morgan fingerprint density at radius 2 is 2.14 bits per heavy atom. The molecule has 1 atom stereocenters. The van der Waals surface area contributed by atoms with Crippen molar-refractivity contribution in [3.8, 4) is 0 Å². The molecule has 0 bridgehead atoms. The first-order valence-electron chi connectivity index (χ1n) is 2.85. The van der Waals surface area contributed by atoms with Crippen molar-refractivity contribution in [3.05, 3.63) is 0 Å². The number of hydrogen-bond donors (Lipinski definition) is 1. The van der Waals surface area contributed by atoms with Crippen LogP contribution in [0.1, 0.15) is 26.2 Å². The first-order valence-corrected chi connectivity index (χ1v) is 3.43. The maximum absolute atomic E-state index is 3.02. The van der Waals surface area contributed by atoms with Gasteiger partial charge in [-0.05, 0) is 13.0 Å². The van der Waals surface area contributed by atoms with Gasteiger partial charge >= 0.3 is 0 Å². The largest absolute Gasteiger partial charge is 0.301 e. The Hall–Kier alpha value is 0.390. The molecule has 1 N–H and O–H groups in total. The van der Waals surface area contributed by atoms with Crippen LogP contribution >= 0.6 is 9.39 Å². The van der Waals surface area contributed by atoms with Crippen molar-refractivity contribution in [3.63, 3.8) is 0 Å². The van der Waals surface area contributed by atoms with Gasteiger partial charge in [-0.3, -0.25) is 0 Å². The van der Waals surface area contributed by atoms with Gasteiger partial charge in [0.15, 0.2) is 0 Å². The van der Waals surface area contributed by atoms with Gasteiger partial charge in [0.05, 0.1) is 0 Å². The van der Waals surface area contributed by atoms with Crippen LogP contribution in [-0.4, -0.2) is 6.54 Å². The van der Waals surface area contributed by atoms with E-state index in [-0.39, 0.29) is 0 Å². The molecule has 44 valence electrons. The summed E-state index contributed by atoms with van der Waals surface area (Å²) in [5, 5.41) is 3.02. The zero-order valence-corrected chi connectivity index (χ0v) is 6.06. The average molecular weight is 119 g/mol. The van der Waals surface area contributed by atoms with Crippen LogP contribution < -0.4 is 5.09 Å². The van der Waals surface area contributed by atoms with Crippen molar-refractivity contribution < 1.29 is 0 Å². The molecule has 2 heteroatoms. The highest BCUT2D eigenvalue weighted by Crippen LogP contribution is 1.91. The fourth-order valence-corrected chi connectivity index (χ4v) is 0.681. The molecule has 0 saturated carbocycles. The van der Waals surface area contributed by atoms with Crippen molar-refractivity contribution in [1.82, 2.24) is 5.09 Å². The highest BCUT2D eigenvalue weighted by Gasteiger charge is 1.79. The Labute approximate surface area is 48.1 Å². The fraction of sp³-hybridized carbons (Fsp3) is 1.00. The molecule has 0 aliphatic rings. The standard InChI is InChI=1S/C5H14NP/c1-2-3-4-5-6-7/h6H,2-5,7H2,1H3. The molecule has 0 aromatic heterocycles. The Balaban J connectivity index is 2.45. The molecule has 0 saturated heterocycles. The van der Waals surface area contributed by atoms with Crippen LogP contribution in [-0.2, 0) is 0 Å². The van der Waals surface area contributed by atoms with E-state index >= 15 is 0 Å². The molecular weight excluding hydrogens is 105 g/mol. The summed E-state index contributed by atoms with van der Waals surface area (Å²) in [6.07, 6.45) is 3.97. The zero-order chi connectivity index (χ0) is 5.54. The number of nitrogens with one attached hydrogen (secondary N) is 1. The van der Waals surface area contributed by atoms with E-state index in [0.717, 1.165) is 6.54 Å². The van der Waals surface area contributed by atoms with Crippen LogP contribution in [0.2, 0.25) is 0 Å². The van der Waals surface area contributed by atoms with Crippen LogP contribution in [0.5, 0.6) is 0 Å². The van der Waals surface area contributed by atoms with Crippen molar-refractivity contribution >= 4 is 9.39 Å². The van der Waals surface area contributed by atoms with E-state index < -0.39 is 0 Å². The Morgan fingerprint density at radius 3 is 2.57 bits per heavy atom. The van der Waals surface area contributed by atoms with Gasteiger partial charge in [0, 0.05) is 0 Å². The monoisotopic (exact) mass is 119 g/mol. The molecule has 1 unspecified atom stereocenters. The third-order valence-corrected chi connectivity index (χ3v) is 1.21. The molecule has 7 heavy (non-hydrogen) atoms. The topological polar surface area (TPSA) is 12.0 Å². The zero-order valence-electron chi connectivity index (χ0n) is 4.91. The lowest BCUT2D eigenvalue weighted by Crippen LogP contribution is -1.98. The molecule has 0 amide bonds. The van der Waals surface area contributed by atoms with Gasteiger partial charge in [0.2, 0.25) is 0 Å². The predicted molar refractivity (Wildman–Crippen MR) is 37.2 cm³/mol. The highest BCUT2D eigenvalue weighted by atomic mass is 31.0. The van der Waals surface area contributed by atoms with E-state index in [2.05, 4.69) is 21.4 Å². The fourth-order valence-electron chi connectivity index (χ4n) is 0.477. The number of rotatable bonds is 4. The molecule has 0 aromatic carbocycles. The lowest BCUT2D eigenvalue weighted by Gasteiger charge is -1.93. The lowest BCUT2D eigenvalue weighted by atomic mass is 10.3. The molecule has 0 fully saturated rings. The summed E-state index contributed by atoms with van der Waals surface area (Å²) in [5.74, 6) is 0. The minimum Gasteiger partial charge on any atom is -0.301 e. The van der Waals surface area contributed by atoms with Crippen LogP contribution in [0.3, 0.4) is 0 Å². The maximum Gasteiger partial charge on any atom is -0.00144 e. The Bertz CT molecular complexity index is 27.3. The molecule has 0 aromatic rings. The van der Waals surface area contributed by atoms with E-state index in [0.29, 0.717) is 0 Å². The van der Waals surface area contributed by atoms with Crippen molar-refractivity contribution in [2.24, 2.45) is 0 Å². The SMILES string of the molecule is CCCCCNP. The van der Waals surface area contributed by atoms with Gasteiger partial charge in [0.1, 0.15) is 0 Å². The summed E-state index contributed by atoms with van der Waals surface area (Å²) in [4.78, 5) is 0. The highest BCUT2D eigenvalue weighted by molar-refractivity contribution is 7.13. The number of hydrogen-bond acceptors (Lipinski definition) is 1. The predicted octanol–water partition coefficient (Wildman–Crippen LogP) is 1.56. The van der Waals surface area contributed by atoms with Gasteiger partial charge in [-0.25, -0.2) is 0 Å². The van der Waals surface area contributed by atoms with Gasteiger partial charge in [-0.2, -0.15) is 0 Å². The molecule has 0 aliphatic heterocycles. The van der Waals surface area contributed by atoms with Gasteiger partial charge in [-0.1, -0.05) is 29.2 Å². The van der Waals surface area contributed by atoms with Gasteiger partial charge < -0.3 is 5.09 Å². The minimum atomic E-state index is 1.14. The summed E-state index contributed by atoms with van der Waals surface area (Å²) in [5.41, 5.74) is 0.